The van der Waals surface area contributed by atoms with Gasteiger partial charge in [0.05, 0.1) is 4.92 Å². The van der Waals surface area contributed by atoms with E-state index in [-0.39, 0.29) is 22.1 Å². The molecule has 0 amide bonds. The maximum absolute atomic E-state index is 10.7. The minimum Gasteiger partial charge on any atom is -0.327 e. The van der Waals surface area contributed by atoms with Gasteiger partial charge in [0.15, 0.2) is 0 Å². The highest BCUT2D eigenvalue weighted by atomic mass is 16.6. The quantitative estimate of drug-likeness (QED) is 0.634. The molecule has 4 heteroatoms. The third-order valence-electron chi connectivity index (χ3n) is 4.80. The van der Waals surface area contributed by atoms with Gasteiger partial charge in [-0.05, 0) is 42.6 Å². The van der Waals surface area contributed by atoms with E-state index < -0.39 is 0 Å². The Kier molecular flexibility index (Phi) is 4.99. The number of nitrogens with two attached hydrogens (primary N) is 1. The van der Waals surface area contributed by atoms with Crippen LogP contribution in [0, 0.1) is 21.4 Å². The molecule has 0 heterocycles. The van der Waals surface area contributed by atoms with E-state index in [0.717, 1.165) is 12.0 Å². The van der Waals surface area contributed by atoms with E-state index in [9.17, 15) is 10.1 Å². The highest BCUT2D eigenvalue weighted by molar-refractivity contribution is 5.33. The van der Waals surface area contributed by atoms with Crippen LogP contribution in [0.2, 0.25) is 0 Å². The average Bonchev–Trinajstić information content (AvgIpc) is 2.88. The Morgan fingerprint density at radius 1 is 1.24 bits per heavy atom. The van der Waals surface area contributed by atoms with Crippen molar-refractivity contribution in [3.8, 4) is 0 Å². The molecular weight excluding hydrogens is 264 g/mol. The third kappa shape index (κ3) is 3.82. The van der Waals surface area contributed by atoms with Gasteiger partial charge in [-0.25, -0.2) is 0 Å². The lowest BCUT2D eigenvalue weighted by atomic mass is 9.71. The van der Waals surface area contributed by atoms with Crippen molar-refractivity contribution >= 4 is 5.69 Å². The van der Waals surface area contributed by atoms with Gasteiger partial charge in [-0.1, -0.05) is 38.8 Å². The predicted octanol–water partition coefficient (Wildman–Crippen LogP) is 4.07. The molecule has 116 valence electrons. The van der Waals surface area contributed by atoms with Gasteiger partial charge in [-0.2, -0.15) is 0 Å². The van der Waals surface area contributed by atoms with E-state index in [1.54, 1.807) is 12.1 Å². The van der Waals surface area contributed by atoms with Gasteiger partial charge in [0.1, 0.15) is 0 Å². The molecule has 1 atom stereocenters. The molecule has 1 fully saturated rings. The summed E-state index contributed by atoms with van der Waals surface area (Å²) >= 11 is 0. The Bertz CT molecular complexity index is 476. The summed E-state index contributed by atoms with van der Waals surface area (Å²) in [4.78, 5) is 10.3. The molecule has 0 radical (unpaired) electrons. The van der Waals surface area contributed by atoms with Crippen LogP contribution in [0.4, 0.5) is 5.69 Å². The molecule has 1 unspecified atom stereocenters. The second-order valence-corrected chi connectivity index (χ2v) is 6.90. The van der Waals surface area contributed by atoms with E-state index in [2.05, 4.69) is 13.8 Å². The number of nitrogens with zero attached hydrogens (tertiary/aromatic N) is 1. The summed E-state index contributed by atoms with van der Waals surface area (Å²) in [5.41, 5.74) is 8.06. The van der Waals surface area contributed by atoms with E-state index in [1.807, 2.05) is 12.1 Å². The van der Waals surface area contributed by atoms with E-state index in [4.69, 9.17) is 5.73 Å². The molecule has 21 heavy (non-hydrogen) atoms. The van der Waals surface area contributed by atoms with Crippen LogP contribution >= 0.6 is 0 Å². The number of nitro groups is 1. The van der Waals surface area contributed by atoms with Gasteiger partial charge in [-0.15, -0.1) is 0 Å². The normalized spacial score (nSPS) is 18.9. The molecule has 4 nitrogen and oxygen atoms in total. The highest BCUT2D eigenvalue weighted by Gasteiger charge is 2.39. The average molecular weight is 290 g/mol. The first kappa shape index (κ1) is 16.0. The van der Waals surface area contributed by atoms with Crippen LogP contribution in [0.1, 0.15) is 51.5 Å². The fourth-order valence-electron chi connectivity index (χ4n) is 3.84. The van der Waals surface area contributed by atoms with Crippen LogP contribution in [0.5, 0.6) is 0 Å². The summed E-state index contributed by atoms with van der Waals surface area (Å²) < 4.78 is 0. The molecule has 2 rings (SSSR count). The number of hydrogen-bond donors (Lipinski definition) is 1. The summed E-state index contributed by atoms with van der Waals surface area (Å²) in [6.45, 7) is 4.53. The number of rotatable bonds is 6. The van der Waals surface area contributed by atoms with Crippen molar-refractivity contribution in [2.24, 2.45) is 17.1 Å². The van der Waals surface area contributed by atoms with Crippen molar-refractivity contribution in [3.63, 3.8) is 0 Å². The largest absolute Gasteiger partial charge is 0.327 e. The highest BCUT2D eigenvalue weighted by Crippen LogP contribution is 2.46. The molecule has 0 spiro atoms. The summed E-state index contributed by atoms with van der Waals surface area (Å²) in [6.07, 6.45) is 6.99. The second kappa shape index (κ2) is 6.56. The molecule has 0 aliphatic heterocycles. The molecular formula is C17H26N2O2. The van der Waals surface area contributed by atoms with E-state index in [0.29, 0.717) is 5.92 Å². The predicted molar refractivity (Wildman–Crippen MR) is 85.1 cm³/mol. The molecule has 1 aliphatic carbocycles. The van der Waals surface area contributed by atoms with Crippen molar-refractivity contribution in [2.45, 2.75) is 58.4 Å². The van der Waals surface area contributed by atoms with Gasteiger partial charge < -0.3 is 5.73 Å². The summed E-state index contributed by atoms with van der Waals surface area (Å²) in [7, 11) is 0. The number of benzene rings is 1. The van der Waals surface area contributed by atoms with Crippen LogP contribution < -0.4 is 5.73 Å². The first-order chi connectivity index (χ1) is 9.93. The minimum atomic E-state index is -0.360. The molecule has 2 N–H and O–H groups in total. The van der Waals surface area contributed by atoms with Crippen LogP contribution in [-0.4, -0.2) is 11.0 Å². The summed E-state index contributed by atoms with van der Waals surface area (Å²) in [5.74, 6) is 0.658. The number of nitro benzene ring substituents is 1. The maximum atomic E-state index is 10.7. The van der Waals surface area contributed by atoms with Crippen LogP contribution in [0.3, 0.4) is 0 Å². The van der Waals surface area contributed by atoms with Crippen molar-refractivity contribution in [3.05, 3.63) is 39.9 Å². The fourth-order valence-corrected chi connectivity index (χ4v) is 3.84. The molecule has 1 aromatic rings. The lowest BCUT2D eigenvalue weighted by Crippen LogP contribution is -2.42. The van der Waals surface area contributed by atoms with Gasteiger partial charge in [0.25, 0.3) is 5.69 Å². The van der Waals surface area contributed by atoms with Crippen molar-refractivity contribution in [1.29, 1.82) is 0 Å². The monoisotopic (exact) mass is 290 g/mol. The van der Waals surface area contributed by atoms with Gasteiger partial charge in [-0.3, -0.25) is 10.1 Å². The SMILES string of the molecule is CC(C)CC1(C(N)Cc2ccc([N+](=O)[O-])cc2)CCCC1. The first-order valence-electron chi connectivity index (χ1n) is 7.92. The zero-order chi connectivity index (χ0) is 15.5. The Morgan fingerprint density at radius 2 is 1.81 bits per heavy atom. The smallest absolute Gasteiger partial charge is 0.269 e. The molecule has 1 aliphatic rings. The van der Waals surface area contributed by atoms with E-state index in [1.165, 1.54) is 32.1 Å². The number of hydrogen-bond acceptors (Lipinski definition) is 3. The summed E-state index contributed by atoms with van der Waals surface area (Å²) in [5, 5.41) is 10.7. The maximum Gasteiger partial charge on any atom is 0.269 e. The van der Waals surface area contributed by atoms with Gasteiger partial charge in [0.2, 0.25) is 0 Å². The van der Waals surface area contributed by atoms with Crippen molar-refractivity contribution in [1.82, 2.24) is 0 Å². The zero-order valence-electron chi connectivity index (χ0n) is 13.0. The Labute approximate surface area is 126 Å². The fraction of sp³-hybridized carbons (Fsp3) is 0.647. The number of non-ortho nitro benzene ring substituents is 1. The molecule has 0 aromatic heterocycles. The molecule has 1 saturated carbocycles. The van der Waals surface area contributed by atoms with E-state index >= 15 is 0 Å². The topological polar surface area (TPSA) is 69.2 Å². The lowest BCUT2D eigenvalue weighted by Gasteiger charge is -2.37. The summed E-state index contributed by atoms with van der Waals surface area (Å²) in [6, 6.07) is 6.98. The Balaban J connectivity index is 2.08. The second-order valence-electron chi connectivity index (χ2n) is 6.90. The third-order valence-corrected chi connectivity index (χ3v) is 4.80. The van der Waals surface area contributed by atoms with Crippen molar-refractivity contribution < 1.29 is 4.92 Å². The van der Waals surface area contributed by atoms with Crippen LogP contribution in [0.25, 0.3) is 0 Å². The lowest BCUT2D eigenvalue weighted by molar-refractivity contribution is -0.384. The standard InChI is InChI=1S/C17H26N2O2/c1-13(2)12-17(9-3-4-10-17)16(18)11-14-5-7-15(8-6-14)19(20)21/h5-8,13,16H,3-4,9-12,18H2,1-2H3. The molecule has 1 aromatic carbocycles. The van der Waals surface area contributed by atoms with Crippen molar-refractivity contribution in [2.75, 3.05) is 0 Å². The molecule has 0 bridgehead atoms. The Hall–Kier alpha value is -1.42. The van der Waals surface area contributed by atoms with Gasteiger partial charge in [0, 0.05) is 18.2 Å². The van der Waals surface area contributed by atoms with Crippen LogP contribution in [0.15, 0.2) is 24.3 Å². The van der Waals surface area contributed by atoms with Crippen LogP contribution in [-0.2, 0) is 6.42 Å². The molecule has 0 saturated heterocycles. The minimum absolute atomic E-state index is 0.142. The van der Waals surface area contributed by atoms with Gasteiger partial charge >= 0.3 is 0 Å². The Morgan fingerprint density at radius 3 is 2.29 bits per heavy atom. The zero-order valence-corrected chi connectivity index (χ0v) is 13.0. The first-order valence-corrected chi connectivity index (χ1v) is 7.92.